The van der Waals surface area contributed by atoms with Gasteiger partial charge in [0.1, 0.15) is 28.5 Å². The van der Waals surface area contributed by atoms with Crippen LogP contribution in [0.25, 0.3) is 10.2 Å². The van der Waals surface area contributed by atoms with E-state index in [0.29, 0.717) is 11.5 Å². The third kappa shape index (κ3) is 4.04. The van der Waals surface area contributed by atoms with Crippen LogP contribution in [-0.4, -0.2) is 22.8 Å². The predicted molar refractivity (Wildman–Crippen MR) is 92.7 cm³/mol. The molecule has 26 heavy (non-hydrogen) atoms. The Morgan fingerprint density at radius 3 is 2.69 bits per heavy atom. The Labute approximate surface area is 150 Å². The largest absolute Gasteiger partial charge is 0.491 e. The molecule has 0 radical (unpaired) electrons. The summed E-state index contributed by atoms with van der Waals surface area (Å²) in [5.41, 5.74) is 1.34. The maximum atomic E-state index is 13.5. The maximum absolute atomic E-state index is 13.5. The average Bonchev–Trinajstić information content (AvgIpc) is 2.84. The summed E-state index contributed by atoms with van der Waals surface area (Å²) in [6.45, 7) is 3.31. The predicted octanol–water partition coefficient (Wildman–Crippen LogP) is 5.52. The van der Waals surface area contributed by atoms with Gasteiger partial charge < -0.3 is 10.1 Å². The summed E-state index contributed by atoms with van der Waals surface area (Å²) in [6, 6.07) is 3.65. The van der Waals surface area contributed by atoms with Gasteiger partial charge in [-0.1, -0.05) is 0 Å². The number of nitrogens with one attached hydrogen (secondary N) is 1. The van der Waals surface area contributed by atoms with Gasteiger partial charge in [-0.25, -0.2) is 14.4 Å². The van der Waals surface area contributed by atoms with Gasteiger partial charge in [-0.3, -0.25) is 0 Å². The van der Waals surface area contributed by atoms with Crippen molar-refractivity contribution in [2.75, 3.05) is 11.9 Å². The molecule has 0 bridgehead atoms. The Hall–Kier alpha value is -2.42. The van der Waals surface area contributed by atoms with Crippen molar-refractivity contribution in [2.45, 2.75) is 26.4 Å². The highest BCUT2D eigenvalue weighted by atomic mass is 32.1. The first kappa shape index (κ1) is 18.4. The molecule has 3 rings (SSSR count). The number of halogens is 4. The lowest BCUT2D eigenvalue weighted by molar-refractivity contribution is -0.139. The third-order valence-corrected chi connectivity index (χ3v) is 4.92. The van der Waals surface area contributed by atoms with E-state index in [4.69, 9.17) is 4.74 Å². The van der Waals surface area contributed by atoms with Gasteiger partial charge in [0.05, 0.1) is 24.1 Å². The van der Waals surface area contributed by atoms with Crippen LogP contribution in [0.3, 0.4) is 0 Å². The van der Waals surface area contributed by atoms with Crippen molar-refractivity contribution < 1.29 is 22.3 Å². The van der Waals surface area contributed by atoms with Crippen molar-refractivity contribution >= 4 is 33.1 Å². The molecule has 0 spiro atoms. The number of anilines is 2. The highest BCUT2D eigenvalue weighted by Gasteiger charge is 2.27. The number of alkyl halides is 3. The molecule has 138 valence electrons. The standard InChI is InChI=1S/C17H15F4N3OS/c1-9-10(2)26-16-14(9)15(22-8-23-16)24-12-4-3-11(18)7-13(12)25-6-5-17(19,20)21/h3-4,7-8H,5-6H2,1-2H3,(H,22,23,24). The van der Waals surface area contributed by atoms with E-state index in [0.717, 1.165) is 26.7 Å². The summed E-state index contributed by atoms with van der Waals surface area (Å²) >= 11 is 1.52. The molecule has 0 fully saturated rings. The average molecular weight is 385 g/mol. The van der Waals surface area contributed by atoms with Gasteiger partial charge in [0, 0.05) is 10.9 Å². The molecule has 0 aliphatic carbocycles. The lowest BCUT2D eigenvalue weighted by atomic mass is 10.2. The molecule has 9 heteroatoms. The Bertz CT molecular complexity index is 940. The summed E-state index contributed by atoms with van der Waals surface area (Å²) < 4.78 is 55.6. The topological polar surface area (TPSA) is 47.0 Å². The summed E-state index contributed by atoms with van der Waals surface area (Å²) in [4.78, 5) is 10.3. The number of hydrogen-bond donors (Lipinski definition) is 1. The number of rotatable bonds is 5. The van der Waals surface area contributed by atoms with Crippen molar-refractivity contribution in [3.63, 3.8) is 0 Å². The first-order valence-corrected chi connectivity index (χ1v) is 8.53. The molecule has 2 heterocycles. The van der Waals surface area contributed by atoms with Crippen molar-refractivity contribution in [1.29, 1.82) is 0 Å². The third-order valence-electron chi connectivity index (χ3n) is 3.81. The number of aromatic nitrogens is 2. The number of hydrogen-bond acceptors (Lipinski definition) is 5. The van der Waals surface area contributed by atoms with Crippen molar-refractivity contribution in [3.8, 4) is 5.75 Å². The van der Waals surface area contributed by atoms with Gasteiger partial charge in [0.25, 0.3) is 0 Å². The molecule has 1 aromatic carbocycles. The monoisotopic (exact) mass is 385 g/mol. The number of nitrogens with zero attached hydrogens (tertiary/aromatic N) is 2. The van der Waals surface area contributed by atoms with Crippen molar-refractivity contribution in [2.24, 2.45) is 0 Å². The first-order valence-electron chi connectivity index (χ1n) is 7.71. The smallest absolute Gasteiger partial charge is 0.392 e. The fourth-order valence-corrected chi connectivity index (χ4v) is 3.40. The zero-order valence-electron chi connectivity index (χ0n) is 13.9. The molecular weight excluding hydrogens is 370 g/mol. The summed E-state index contributed by atoms with van der Waals surface area (Å²) in [7, 11) is 0. The summed E-state index contributed by atoms with van der Waals surface area (Å²) in [5, 5.41) is 3.85. The van der Waals surface area contributed by atoms with Gasteiger partial charge in [0.2, 0.25) is 0 Å². The molecule has 3 aromatic rings. The Morgan fingerprint density at radius 2 is 1.96 bits per heavy atom. The Kier molecular flexibility index (Phi) is 4.99. The van der Waals surface area contributed by atoms with Gasteiger partial charge >= 0.3 is 6.18 Å². The molecule has 0 atom stereocenters. The van der Waals surface area contributed by atoms with Gasteiger partial charge in [-0.05, 0) is 31.5 Å². The second kappa shape index (κ2) is 7.06. The molecule has 4 nitrogen and oxygen atoms in total. The summed E-state index contributed by atoms with van der Waals surface area (Å²) in [5.74, 6) is -0.123. The van der Waals surface area contributed by atoms with Crippen LogP contribution in [0.5, 0.6) is 5.75 Å². The molecule has 2 aromatic heterocycles. The van der Waals surface area contributed by atoms with E-state index in [1.807, 2.05) is 13.8 Å². The number of benzene rings is 1. The lowest BCUT2D eigenvalue weighted by Crippen LogP contribution is -2.13. The molecule has 0 aliphatic rings. The fourth-order valence-electron chi connectivity index (χ4n) is 2.40. The molecule has 0 saturated carbocycles. The second-order valence-electron chi connectivity index (χ2n) is 5.66. The van der Waals surface area contributed by atoms with E-state index in [9.17, 15) is 17.6 Å². The first-order chi connectivity index (χ1) is 12.2. The normalized spacial score (nSPS) is 11.8. The Balaban J connectivity index is 1.91. The summed E-state index contributed by atoms with van der Waals surface area (Å²) in [6.07, 6.45) is -4.07. The van der Waals surface area contributed by atoms with E-state index in [1.165, 1.54) is 29.8 Å². The van der Waals surface area contributed by atoms with Crippen LogP contribution in [-0.2, 0) is 0 Å². The highest BCUT2D eigenvalue weighted by Crippen LogP contribution is 2.36. The van der Waals surface area contributed by atoms with Crippen molar-refractivity contribution in [1.82, 2.24) is 9.97 Å². The van der Waals surface area contributed by atoms with Crippen LogP contribution in [0, 0.1) is 19.7 Å². The second-order valence-corrected chi connectivity index (χ2v) is 6.87. The molecular formula is C17H15F4N3OS. The minimum Gasteiger partial charge on any atom is -0.491 e. The van der Waals surface area contributed by atoms with E-state index in [-0.39, 0.29) is 5.75 Å². The van der Waals surface area contributed by atoms with Crippen LogP contribution in [0.2, 0.25) is 0 Å². The number of ether oxygens (including phenoxy) is 1. The van der Waals surface area contributed by atoms with Crippen LogP contribution < -0.4 is 10.1 Å². The van der Waals surface area contributed by atoms with Gasteiger partial charge in [-0.15, -0.1) is 11.3 Å². The van der Waals surface area contributed by atoms with Crippen LogP contribution in [0.4, 0.5) is 29.1 Å². The highest BCUT2D eigenvalue weighted by molar-refractivity contribution is 7.18. The minimum absolute atomic E-state index is 0.00869. The molecule has 0 saturated heterocycles. The fraction of sp³-hybridized carbons (Fsp3) is 0.294. The van der Waals surface area contributed by atoms with E-state index in [2.05, 4.69) is 15.3 Å². The van der Waals surface area contributed by atoms with Crippen LogP contribution >= 0.6 is 11.3 Å². The zero-order chi connectivity index (χ0) is 18.9. The minimum atomic E-state index is -4.34. The molecule has 0 aliphatic heterocycles. The molecule has 1 N–H and O–H groups in total. The number of thiophene rings is 1. The van der Waals surface area contributed by atoms with E-state index >= 15 is 0 Å². The van der Waals surface area contributed by atoms with Crippen LogP contribution in [0.1, 0.15) is 16.9 Å². The SMILES string of the molecule is Cc1sc2ncnc(Nc3ccc(F)cc3OCCC(F)(F)F)c2c1C. The quantitative estimate of drug-likeness (QED) is 0.587. The molecule has 0 amide bonds. The number of aryl methyl sites for hydroxylation is 2. The Morgan fingerprint density at radius 1 is 1.19 bits per heavy atom. The lowest BCUT2D eigenvalue weighted by Gasteiger charge is -2.14. The van der Waals surface area contributed by atoms with Gasteiger partial charge in [0.15, 0.2) is 0 Å². The van der Waals surface area contributed by atoms with Crippen molar-refractivity contribution in [3.05, 3.63) is 40.8 Å². The molecule has 0 unspecified atom stereocenters. The number of fused-ring (bicyclic) bond motifs is 1. The maximum Gasteiger partial charge on any atom is 0.392 e. The van der Waals surface area contributed by atoms with Gasteiger partial charge in [-0.2, -0.15) is 13.2 Å². The van der Waals surface area contributed by atoms with E-state index < -0.39 is 25.0 Å². The zero-order valence-corrected chi connectivity index (χ0v) is 14.8. The van der Waals surface area contributed by atoms with E-state index in [1.54, 1.807) is 0 Å². The van der Waals surface area contributed by atoms with Crippen LogP contribution in [0.15, 0.2) is 24.5 Å².